The molecule has 2 nitrogen and oxygen atoms in total. The summed E-state index contributed by atoms with van der Waals surface area (Å²) in [6.45, 7) is 0. The van der Waals surface area contributed by atoms with E-state index in [9.17, 15) is 0 Å². The highest BCUT2D eigenvalue weighted by Crippen LogP contribution is 2.40. The van der Waals surface area contributed by atoms with Gasteiger partial charge in [-0.05, 0) is 110 Å². The van der Waals surface area contributed by atoms with E-state index in [1.54, 1.807) is 0 Å². The van der Waals surface area contributed by atoms with Gasteiger partial charge in [0.2, 0.25) is 0 Å². The fourth-order valence-electron chi connectivity index (χ4n) is 10.5. The highest BCUT2D eigenvalue weighted by molar-refractivity contribution is 6.60. The summed E-state index contributed by atoms with van der Waals surface area (Å²) < 4.78 is 4.95. The van der Waals surface area contributed by atoms with Crippen LogP contribution >= 0.6 is 0 Å². The molecule has 0 amide bonds. The molecule has 0 bridgehead atoms. The molecule has 10 aromatic carbocycles. The average molecular weight is 798 g/mol. The molecule has 0 saturated carbocycles. The smallest absolute Gasteiger partial charge is 0.141 e. The Kier molecular flexibility index (Phi) is 8.65. The van der Waals surface area contributed by atoms with E-state index in [4.69, 9.17) is 0 Å². The first kappa shape index (κ1) is 37.1. The lowest BCUT2D eigenvalue weighted by molar-refractivity contribution is 1.18. The van der Waals surface area contributed by atoms with Gasteiger partial charge in [-0.1, -0.05) is 174 Å². The van der Waals surface area contributed by atoms with Crippen molar-refractivity contribution < 1.29 is 0 Å². The van der Waals surface area contributed by atoms with Gasteiger partial charge in [-0.3, -0.25) is 0 Å². The fraction of sp³-hybridized carbons (Fsp3) is 0. The van der Waals surface area contributed by atoms with Crippen LogP contribution in [0.4, 0.5) is 0 Å². The summed E-state index contributed by atoms with van der Waals surface area (Å²) in [6.07, 6.45) is 0. The van der Waals surface area contributed by atoms with E-state index in [-0.39, 0.29) is 0 Å². The number of aromatic nitrogens is 2. The molecule has 0 aliphatic carbocycles. The lowest BCUT2D eigenvalue weighted by Crippen LogP contribution is -2.35. The molecule has 0 radical (unpaired) electrons. The minimum absolute atomic E-state index is 1.15. The molecule has 0 aliphatic rings. The van der Waals surface area contributed by atoms with E-state index in [0.717, 1.165) is 5.69 Å². The van der Waals surface area contributed by atoms with E-state index < -0.39 is 0 Å². The van der Waals surface area contributed by atoms with Gasteiger partial charge in [0.05, 0.1) is 16.6 Å². The molecule has 2 aromatic heterocycles. The van der Waals surface area contributed by atoms with Crippen molar-refractivity contribution >= 4 is 94.3 Å². The van der Waals surface area contributed by atoms with Gasteiger partial charge in [0.25, 0.3) is 0 Å². The first-order chi connectivity index (χ1) is 31.0. The first-order valence-electron chi connectivity index (χ1n) is 21.9. The zero-order valence-corrected chi connectivity index (χ0v) is 35.6. The molecule has 0 unspecified atom stereocenters. The summed E-state index contributed by atoms with van der Waals surface area (Å²) in [4.78, 5) is 0. The van der Waals surface area contributed by atoms with Crippen LogP contribution in [0, 0.1) is 0 Å². The molecule has 292 valence electrons. The number of rotatable bonds is 6. The quantitative estimate of drug-likeness (QED) is 0.148. The Morgan fingerprint density at radius 3 is 1.49 bits per heavy atom. The molecule has 0 N–H and O–H groups in total. The lowest BCUT2D eigenvalue weighted by Gasteiger charge is -2.19. The maximum atomic E-state index is 2.49. The van der Waals surface area contributed by atoms with Crippen LogP contribution in [-0.4, -0.2) is 32.7 Å². The molecule has 12 aromatic rings. The van der Waals surface area contributed by atoms with E-state index in [1.807, 2.05) is 0 Å². The summed E-state index contributed by atoms with van der Waals surface area (Å²) in [6, 6.07) is 77.9. The summed E-state index contributed by atoms with van der Waals surface area (Å²) in [5.74, 6) is 0. The molecule has 0 fully saturated rings. The maximum absolute atomic E-state index is 2.49. The highest BCUT2D eigenvalue weighted by Gasteiger charge is 2.23. The van der Waals surface area contributed by atoms with Gasteiger partial charge in [0.1, 0.15) is 23.5 Å². The molecule has 5 heteroatoms. The highest BCUT2D eigenvalue weighted by atomic mass is 15.0. The van der Waals surface area contributed by atoms with Gasteiger partial charge >= 0.3 is 0 Å². The van der Waals surface area contributed by atoms with Gasteiger partial charge in [0.15, 0.2) is 0 Å². The third kappa shape index (κ3) is 5.92. The Balaban J connectivity index is 1.10. The van der Waals surface area contributed by atoms with E-state index >= 15 is 0 Å². The molecule has 0 saturated heterocycles. The molecule has 0 atom stereocenters. The van der Waals surface area contributed by atoms with Crippen LogP contribution in [0.2, 0.25) is 0 Å². The Morgan fingerprint density at radius 1 is 0.302 bits per heavy atom. The van der Waals surface area contributed by atoms with Gasteiger partial charge in [-0.15, -0.1) is 0 Å². The summed E-state index contributed by atoms with van der Waals surface area (Å²) in [5.41, 5.74) is 21.0. The summed E-state index contributed by atoms with van der Waals surface area (Å²) >= 11 is 0. The standard InChI is InChI=1S/C58H41B3N2/c59-55-53(56(60)57(61)58-54(55)47-25-9-10-27-50(47)63(58)44-23-12-21-40(33-44)37-16-5-2-6-17-37)42-29-31-52-49(35-42)48-34-41(46-26-13-19-38-18-7-8-24-45(38)46)28-30-51(48)62(52)43-22-11-20-39(32-43)36-14-3-1-4-15-36/h1-35H,59-61H2. The van der Waals surface area contributed by atoms with Crippen molar-refractivity contribution in [2.45, 2.75) is 0 Å². The minimum atomic E-state index is 1.15. The number of hydrogen-bond acceptors (Lipinski definition) is 0. The molecule has 63 heavy (non-hydrogen) atoms. The van der Waals surface area contributed by atoms with Crippen LogP contribution in [0.25, 0.3) is 110 Å². The van der Waals surface area contributed by atoms with E-state index in [1.165, 1.54) is 121 Å². The van der Waals surface area contributed by atoms with Crippen LogP contribution in [0.5, 0.6) is 0 Å². The van der Waals surface area contributed by atoms with Crippen molar-refractivity contribution in [2.75, 3.05) is 0 Å². The van der Waals surface area contributed by atoms with Gasteiger partial charge in [-0.25, -0.2) is 0 Å². The second-order valence-electron chi connectivity index (χ2n) is 17.0. The molecular formula is C58H41B3N2. The predicted molar refractivity (Wildman–Crippen MR) is 279 cm³/mol. The summed E-state index contributed by atoms with van der Waals surface area (Å²) in [5, 5.41) is 7.58. The Bertz CT molecular complexity index is 3770. The van der Waals surface area contributed by atoms with Crippen LogP contribution in [0.15, 0.2) is 212 Å². The van der Waals surface area contributed by atoms with Gasteiger partial charge in [0, 0.05) is 38.4 Å². The minimum Gasteiger partial charge on any atom is -0.310 e. The Labute approximate surface area is 369 Å². The monoisotopic (exact) mass is 798 g/mol. The Hall–Kier alpha value is -7.75. The molecule has 0 spiro atoms. The molecule has 2 heterocycles. The zero-order chi connectivity index (χ0) is 42.2. The van der Waals surface area contributed by atoms with Crippen LogP contribution in [-0.2, 0) is 0 Å². The van der Waals surface area contributed by atoms with Crippen molar-refractivity contribution in [3.63, 3.8) is 0 Å². The molecular weight excluding hydrogens is 757 g/mol. The summed E-state index contributed by atoms with van der Waals surface area (Å²) in [7, 11) is 6.97. The van der Waals surface area contributed by atoms with E-state index in [0.29, 0.717) is 0 Å². The third-order valence-corrected chi connectivity index (χ3v) is 13.5. The Morgan fingerprint density at radius 2 is 0.810 bits per heavy atom. The lowest BCUT2D eigenvalue weighted by atomic mass is 9.69. The van der Waals surface area contributed by atoms with E-state index in [2.05, 4.69) is 245 Å². The van der Waals surface area contributed by atoms with Crippen molar-refractivity contribution in [2.24, 2.45) is 0 Å². The average Bonchev–Trinajstić information content (AvgIpc) is 3.87. The number of para-hydroxylation sites is 1. The van der Waals surface area contributed by atoms with Crippen LogP contribution in [0.1, 0.15) is 0 Å². The zero-order valence-electron chi connectivity index (χ0n) is 35.6. The first-order valence-corrected chi connectivity index (χ1v) is 21.9. The number of hydrogen-bond donors (Lipinski definition) is 0. The van der Waals surface area contributed by atoms with Gasteiger partial charge < -0.3 is 9.13 Å². The maximum Gasteiger partial charge on any atom is 0.141 e. The fourth-order valence-corrected chi connectivity index (χ4v) is 10.5. The van der Waals surface area contributed by atoms with Crippen LogP contribution < -0.4 is 16.4 Å². The topological polar surface area (TPSA) is 9.86 Å². The second-order valence-corrected chi connectivity index (χ2v) is 17.0. The SMILES string of the molecule is Bc1c(-c2ccc3c(c2)c2cc(-c4cccc5ccccc45)ccc2n3-c2cccc(-c3ccccc3)c2)c(B)c2c3ccccc3n(-c3cccc(-c4ccccc4)c3)c2c1B. The van der Waals surface area contributed by atoms with Crippen LogP contribution in [0.3, 0.4) is 0 Å². The number of benzene rings is 10. The molecule has 0 aliphatic heterocycles. The largest absolute Gasteiger partial charge is 0.310 e. The normalized spacial score (nSPS) is 11.7. The van der Waals surface area contributed by atoms with Crippen molar-refractivity contribution in [1.29, 1.82) is 0 Å². The van der Waals surface area contributed by atoms with Crippen molar-refractivity contribution in [1.82, 2.24) is 9.13 Å². The van der Waals surface area contributed by atoms with Gasteiger partial charge in [-0.2, -0.15) is 0 Å². The predicted octanol–water partition coefficient (Wildman–Crippen LogP) is 10.5. The number of nitrogens with zero attached hydrogens (tertiary/aromatic N) is 2. The number of fused-ring (bicyclic) bond motifs is 7. The molecule has 12 rings (SSSR count). The third-order valence-electron chi connectivity index (χ3n) is 13.5. The van der Waals surface area contributed by atoms with Crippen molar-refractivity contribution in [3.05, 3.63) is 212 Å². The van der Waals surface area contributed by atoms with Crippen molar-refractivity contribution in [3.8, 4) is 55.9 Å². The second kappa shape index (κ2) is 14.7.